The molecule has 84 valence electrons. The van der Waals surface area contributed by atoms with Gasteiger partial charge in [0.2, 0.25) is 0 Å². The van der Waals surface area contributed by atoms with E-state index in [0.29, 0.717) is 11.3 Å². The number of halogens is 3. The van der Waals surface area contributed by atoms with Crippen molar-refractivity contribution in [3.05, 3.63) is 23.5 Å². The molecule has 0 spiro atoms. The monoisotopic (exact) mass is 220 g/mol. The molecule has 0 aliphatic heterocycles. The first kappa shape index (κ1) is 11.8. The Kier molecular flexibility index (Phi) is 3.52. The quantitative estimate of drug-likeness (QED) is 0.844. The molecule has 0 radical (unpaired) electrons. The van der Waals surface area contributed by atoms with Gasteiger partial charge in [0.15, 0.2) is 6.61 Å². The normalized spacial score (nSPS) is 11.5. The Morgan fingerprint density at radius 3 is 2.67 bits per heavy atom. The molecular weight excluding hydrogens is 209 g/mol. The maximum Gasteiger partial charge on any atom is 0.422 e. The van der Waals surface area contributed by atoms with Gasteiger partial charge in [0.05, 0.1) is 5.69 Å². The topological polar surface area (TPSA) is 48.1 Å². The highest BCUT2D eigenvalue weighted by Gasteiger charge is 2.28. The van der Waals surface area contributed by atoms with Crippen LogP contribution in [0.3, 0.4) is 0 Å². The fourth-order valence-electron chi connectivity index (χ4n) is 1.08. The number of nitrogens with two attached hydrogens (primary N) is 1. The molecule has 1 aromatic rings. The van der Waals surface area contributed by atoms with E-state index in [4.69, 9.17) is 5.73 Å². The highest BCUT2D eigenvalue weighted by Crippen LogP contribution is 2.22. The van der Waals surface area contributed by atoms with Crippen molar-refractivity contribution in [1.82, 2.24) is 4.98 Å². The number of aromatic nitrogens is 1. The van der Waals surface area contributed by atoms with Gasteiger partial charge in [0.1, 0.15) is 5.75 Å². The minimum atomic E-state index is -4.33. The molecule has 0 bridgehead atoms. The van der Waals surface area contributed by atoms with Crippen LogP contribution in [0.2, 0.25) is 0 Å². The second-order valence-electron chi connectivity index (χ2n) is 2.99. The van der Waals surface area contributed by atoms with Crippen molar-refractivity contribution in [2.24, 2.45) is 5.73 Å². The lowest BCUT2D eigenvalue weighted by Crippen LogP contribution is -2.20. The van der Waals surface area contributed by atoms with Crippen LogP contribution in [0.4, 0.5) is 13.2 Å². The molecule has 6 heteroatoms. The molecule has 15 heavy (non-hydrogen) atoms. The van der Waals surface area contributed by atoms with E-state index >= 15 is 0 Å². The average molecular weight is 220 g/mol. The van der Waals surface area contributed by atoms with Crippen molar-refractivity contribution < 1.29 is 17.9 Å². The number of alkyl halides is 3. The van der Waals surface area contributed by atoms with Crippen molar-refractivity contribution in [3.63, 3.8) is 0 Å². The highest BCUT2D eigenvalue weighted by atomic mass is 19.4. The SMILES string of the molecule is Cc1c(OCC(F)(F)F)ccnc1CN. The predicted molar refractivity (Wildman–Crippen MR) is 48.4 cm³/mol. The molecule has 1 rings (SSSR count). The van der Waals surface area contributed by atoms with Crippen LogP contribution >= 0.6 is 0 Å². The van der Waals surface area contributed by atoms with Crippen molar-refractivity contribution in [2.45, 2.75) is 19.6 Å². The lowest BCUT2D eigenvalue weighted by Gasteiger charge is -2.12. The molecule has 1 heterocycles. The third kappa shape index (κ3) is 3.39. The molecular formula is C9H11F3N2O. The van der Waals surface area contributed by atoms with E-state index in [1.54, 1.807) is 6.92 Å². The first-order valence-corrected chi connectivity index (χ1v) is 4.28. The van der Waals surface area contributed by atoms with Gasteiger partial charge in [-0.05, 0) is 13.0 Å². The van der Waals surface area contributed by atoms with E-state index in [-0.39, 0.29) is 12.3 Å². The number of ether oxygens (including phenoxy) is 1. The maximum atomic E-state index is 11.9. The van der Waals surface area contributed by atoms with E-state index in [1.807, 2.05) is 0 Å². The lowest BCUT2D eigenvalue weighted by molar-refractivity contribution is -0.153. The molecule has 0 aliphatic carbocycles. The smallest absolute Gasteiger partial charge is 0.422 e. The molecule has 0 saturated carbocycles. The number of pyridine rings is 1. The average Bonchev–Trinajstić information content (AvgIpc) is 2.15. The number of rotatable bonds is 3. The number of hydrogen-bond donors (Lipinski definition) is 1. The second-order valence-corrected chi connectivity index (χ2v) is 2.99. The van der Waals surface area contributed by atoms with Crippen molar-refractivity contribution in [2.75, 3.05) is 6.61 Å². The Morgan fingerprint density at radius 1 is 1.47 bits per heavy atom. The predicted octanol–water partition coefficient (Wildman–Crippen LogP) is 1.79. The molecule has 2 N–H and O–H groups in total. The molecule has 0 fully saturated rings. The Balaban J connectivity index is 2.78. The van der Waals surface area contributed by atoms with Gasteiger partial charge in [0, 0.05) is 18.3 Å². The number of nitrogens with zero attached hydrogens (tertiary/aromatic N) is 1. The van der Waals surface area contributed by atoms with E-state index < -0.39 is 12.8 Å². The van der Waals surface area contributed by atoms with Crippen LogP contribution in [-0.4, -0.2) is 17.8 Å². The van der Waals surface area contributed by atoms with Crippen LogP contribution < -0.4 is 10.5 Å². The summed E-state index contributed by atoms with van der Waals surface area (Å²) in [6.45, 7) is 0.498. The summed E-state index contributed by atoms with van der Waals surface area (Å²) in [6.07, 6.45) is -2.96. The van der Waals surface area contributed by atoms with Gasteiger partial charge >= 0.3 is 6.18 Å². The van der Waals surface area contributed by atoms with E-state index in [1.165, 1.54) is 12.3 Å². The lowest BCUT2D eigenvalue weighted by atomic mass is 10.2. The minimum absolute atomic E-state index is 0.169. The third-order valence-electron chi connectivity index (χ3n) is 1.84. The van der Waals surface area contributed by atoms with Crippen LogP contribution in [-0.2, 0) is 6.54 Å². The molecule has 1 aromatic heterocycles. The maximum absolute atomic E-state index is 11.9. The zero-order chi connectivity index (χ0) is 11.5. The zero-order valence-electron chi connectivity index (χ0n) is 8.14. The van der Waals surface area contributed by atoms with Gasteiger partial charge in [-0.1, -0.05) is 0 Å². The van der Waals surface area contributed by atoms with Crippen molar-refractivity contribution >= 4 is 0 Å². The van der Waals surface area contributed by atoms with Crippen LogP contribution in [0.5, 0.6) is 5.75 Å². The largest absolute Gasteiger partial charge is 0.484 e. The second kappa shape index (κ2) is 4.48. The van der Waals surface area contributed by atoms with E-state index in [0.717, 1.165) is 0 Å². The van der Waals surface area contributed by atoms with Crippen LogP contribution in [0.15, 0.2) is 12.3 Å². The summed E-state index contributed by atoms with van der Waals surface area (Å²) in [5.74, 6) is 0.169. The van der Waals surface area contributed by atoms with Crippen LogP contribution in [0, 0.1) is 6.92 Å². The molecule has 0 aromatic carbocycles. The Bertz CT molecular complexity index is 339. The van der Waals surface area contributed by atoms with Gasteiger partial charge in [-0.25, -0.2) is 0 Å². The number of hydrogen-bond acceptors (Lipinski definition) is 3. The van der Waals surface area contributed by atoms with Gasteiger partial charge in [-0.2, -0.15) is 13.2 Å². The van der Waals surface area contributed by atoms with E-state index in [2.05, 4.69) is 9.72 Å². The fraction of sp³-hybridized carbons (Fsp3) is 0.444. The van der Waals surface area contributed by atoms with Gasteiger partial charge < -0.3 is 10.5 Å². The minimum Gasteiger partial charge on any atom is -0.484 e. The molecule has 0 unspecified atom stereocenters. The molecule has 0 aliphatic rings. The van der Waals surface area contributed by atoms with Crippen molar-refractivity contribution in [1.29, 1.82) is 0 Å². The Labute approximate surface area is 85.1 Å². The van der Waals surface area contributed by atoms with Crippen molar-refractivity contribution in [3.8, 4) is 5.75 Å². The standard InChI is InChI=1S/C9H11F3N2O/c1-6-7(4-13)14-3-2-8(6)15-5-9(10,11)12/h2-3H,4-5,13H2,1H3. The first-order valence-electron chi connectivity index (χ1n) is 4.28. The summed E-state index contributed by atoms with van der Waals surface area (Å²) in [5.41, 5.74) is 6.44. The third-order valence-corrected chi connectivity index (χ3v) is 1.84. The summed E-state index contributed by atoms with van der Waals surface area (Å²) in [5, 5.41) is 0. The van der Waals surface area contributed by atoms with Crippen LogP contribution in [0.1, 0.15) is 11.3 Å². The van der Waals surface area contributed by atoms with Gasteiger partial charge in [0.25, 0.3) is 0 Å². The Morgan fingerprint density at radius 2 is 2.13 bits per heavy atom. The fourth-order valence-corrected chi connectivity index (χ4v) is 1.08. The molecule has 0 amide bonds. The zero-order valence-corrected chi connectivity index (χ0v) is 8.14. The molecule has 3 nitrogen and oxygen atoms in total. The summed E-state index contributed by atoms with van der Waals surface area (Å²) in [7, 11) is 0. The van der Waals surface area contributed by atoms with Gasteiger partial charge in [-0.3, -0.25) is 4.98 Å². The summed E-state index contributed by atoms with van der Waals surface area (Å²) in [4.78, 5) is 3.92. The summed E-state index contributed by atoms with van der Waals surface area (Å²) < 4.78 is 40.3. The summed E-state index contributed by atoms with van der Waals surface area (Å²) >= 11 is 0. The first-order chi connectivity index (χ1) is 6.94. The molecule has 0 atom stereocenters. The summed E-state index contributed by atoms with van der Waals surface area (Å²) in [6, 6.07) is 1.39. The Hall–Kier alpha value is -1.30. The molecule has 0 saturated heterocycles. The van der Waals surface area contributed by atoms with E-state index in [9.17, 15) is 13.2 Å². The van der Waals surface area contributed by atoms with Gasteiger partial charge in [-0.15, -0.1) is 0 Å². The van der Waals surface area contributed by atoms with Crippen LogP contribution in [0.25, 0.3) is 0 Å². The highest BCUT2D eigenvalue weighted by molar-refractivity contribution is 5.34.